The van der Waals surface area contributed by atoms with Crippen molar-refractivity contribution >= 4 is 11.9 Å². The number of aromatic nitrogens is 1. The summed E-state index contributed by atoms with van der Waals surface area (Å²) in [4.78, 5) is 21.8. The fourth-order valence-corrected chi connectivity index (χ4v) is 5.89. The molecule has 0 radical (unpaired) electrons. The van der Waals surface area contributed by atoms with Gasteiger partial charge in [0.15, 0.2) is 0 Å². The zero-order valence-electron chi connectivity index (χ0n) is 24.5. The predicted octanol–water partition coefficient (Wildman–Crippen LogP) is 7.75. The molecule has 43 heavy (non-hydrogen) atoms. The average molecular weight is 588 g/mol. The molecule has 0 N–H and O–H groups in total. The molecule has 222 valence electrons. The van der Waals surface area contributed by atoms with Crippen molar-refractivity contribution in [3.05, 3.63) is 100 Å². The van der Waals surface area contributed by atoms with E-state index in [2.05, 4.69) is 4.90 Å². The van der Waals surface area contributed by atoms with Gasteiger partial charge < -0.3 is 14.4 Å². The van der Waals surface area contributed by atoms with E-state index in [1.165, 1.54) is 30.2 Å². The maximum absolute atomic E-state index is 15.5. The Morgan fingerprint density at radius 2 is 1.63 bits per heavy atom. The van der Waals surface area contributed by atoms with Crippen molar-refractivity contribution in [1.29, 1.82) is 0 Å². The number of nitrogens with zero attached hydrogens (tertiary/aromatic N) is 3. The van der Waals surface area contributed by atoms with Gasteiger partial charge in [-0.1, -0.05) is 23.8 Å². The van der Waals surface area contributed by atoms with Crippen LogP contribution in [0.3, 0.4) is 0 Å². The zero-order valence-corrected chi connectivity index (χ0v) is 24.5. The van der Waals surface area contributed by atoms with Crippen molar-refractivity contribution in [2.75, 3.05) is 25.1 Å². The van der Waals surface area contributed by atoms with Crippen molar-refractivity contribution in [3.8, 4) is 28.0 Å². The summed E-state index contributed by atoms with van der Waals surface area (Å²) in [7, 11) is 1.49. The Labute approximate surface area is 248 Å². The first-order chi connectivity index (χ1) is 20.6. The maximum Gasteiger partial charge on any atom is 0.411 e. The number of halogens is 3. The molecule has 6 nitrogen and oxygen atoms in total. The molecule has 2 fully saturated rings. The van der Waals surface area contributed by atoms with Gasteiger partial charge in [0.2, 0.25) is 0 Å². The summed E-state index contributed by atoms with van der Waals surface area (Å²) in [5.41, 5.74) is 5.31. The van der Waals surface area contributed by atoms with E-state index >= 15 is 4.39 Å². The highest BCUT2D eigenvalue weighted by molar-refractivity contribution is 5.81. The van der Waals surface area contributed by atoms with Crippen LogP contribution in [0.2, 0.25) is 0 Å². The topological polar surface area (TPSA) is 54.9 Å². The van der Waals surface area contributed by atoms with Gasteiger partial charge in [0.25, 0.3) is 0 Å². The van der Waals surface area contributed by atoms with Gasteiger partial charge >= 0.3 is 6.09 Å². The van der Waals surface area contributed by atoms with E-state index in [1.807, 2.05) is 44.2 Å². The molecule has 0 bridgehead atoms. The second kappa shape index (κ2) is 11.3. The lowest BCUT2D eigenvalue weighted by Crippen LogP contribution is -2.38. The van der Waals surface area contributed by atoms with E-state index < -0.39 is 35.7 Å². The summed E-state index contributed by atoms with van der Waals surface area (Å²) >= 11 is 0. The normalized spacial score (nSPS) is 18.1. The van der Waals surface area contributed by atoms with Crippen molar-refractivity contribution in [3.63, 3.8) is 0 Å². The molecule has 2 saturated heterocycles. The molecular weight excluding hydrogens is 555 g/mol. The first-order valence-electron chi connectivity index (χ1n) is 14.3. The number of hydrogen-bond donors (Lipinski definition) is 0. The Morgan fingerprint density at radius 3 is 2.28 bits per heavy atom. The number of carbonyl (C=O) groups is 1. The molecule has 9 heteroatoms. The van der Waals surface area contributed by atoms with E-state index in [-0.39, 0.29) is 12.1 Å². The van der Waals surface area contributed by atoms with Gasteiger partial charge in [-0.25, -0.2) is 22.9 Å². The highest BCUT2D eigenvalue weighted by Gasteiger charge is 2.40. The number of rotatable bonds is 7. The molecule has 0 spiro atoms. The minimum absolute atomic E-state index is 0.0603. The van der Waals surface area contributed by atoms with Gasteiger partial charge in [-0.2, -0.15) is 0 Å². The third-order valence-electron chi connectivity index (χ3n) is 8.32. The van der Waals surface area contributed by atoms with Crippen molar-refractivity contribution < 1.29 is 27.4 Å². The number of anilines is 1. The number of cyclic esters (lactones) is 1. The fourth-order valence-electron chi connectivity index (χ4n) is 5.89. The van der Waals surface area contributed by atoms with Crippen LogP contribution in [0.1, 0.15) is 41.8 Å². The molecule has 2 unspecified atom stereocenters. The monoisotopic (exact) mass is 587 g/mol. The van der Waals surface area contributed by atoms with E-state index in [1.54, 1.807) is 13.0 Å². The van der Waals surface area contributed by atoms with E-state index in [9.17, 15) is 13.6 Å². The first-order valence-corrected chi connectivity index (χ1v) is 14.3. The number of aryl methyl sites for hydroxylation is 2. The van der Waals surface area contributed by atoms with Crippen LogP contribution in [-0.2, 0) is 11.3 Å². The number of amides is 1. The first kappa shape index (κ1) is 28.6. The summed E-state index contributed by atoms with van der Waals surface area (Å²) in [5, 5.41) is 0. The Balaban J connectivity index is 1.43. The second-order valence-electron chi connectivity index (χ2n) is 11.2. The van der Waals surface area contributed by atoms with Crippen molar-refractivity contribution in [2.24, 2.45) is 0 Å². The summed E-state index contributed by atoms with van der Waals surface area (Å²) in [6.45, 7) is 7.51. The van der Waals surface area contributed by atoms with Crippen LogP contribution in [0.15, 0.2) is 60.7 Å². The van der Waals surface area contributed by atoms with Crippen molar-refractivity contribution in [2.45, 2.75) is 45.9 Å². The van der Waals surface area contributed by atoms with Crippen LogP contribution in [-0.4, -0.2) is 42.2 Å². The molecule has 1 amide bonds. The standard InChI is InChI=1S/C34H32F3N3O3/c1-19-6-7-25(20(2)12-19)27-16-28(31(42-4)17-29(27)37)26-8-9-32(39-10-5-11-39)38-30(26)18-40-21(3)33(43-34(40)41)22-13-23(35)15-24(36)14-22/h6-9,12-17,21,33H,5,10-11,18H2,1-4H3. The fraction of sp³-hybridized carbons (Fsp3) is 0.294. The average Bonchev–Trinajstić information content (AvgIpc) is 3.20. The van der Waals surface area contributed by atoms with Crippen LogP contribution in [0, 0.1) is 31.3 Å². The number of methoxy groups -OCH3 is 1. The number of pyridine rings is 1. The van der Waals surface area contributed by atoms with Gasteiger partial charge in [0.1, 0.15) is 35.1 Å². The van der Waals surface area contributed by atoms with Crippen LogP contribution in [0.5, 0.6) is 5.75 Å². The minimum Gasteiger partial charge on any atom is -0.496 e. The lowest BCUT2D eigenvalue weighted by Gasteiger charge is -2.33. The smallest absolute Gasteiger partial charge is 0.411 e. The number of carbonyl (C=O) groups excluding carboxylic acids is 1. The number of ether oxygens (including phenoxy) is 2. The van der Waals surface area contributed by atoms with Crippen LogP contribution < -0.4 is 9.64 Å². The maximum atomic E-state index is 15.5. The largest absolute Gasteiger partial charge is 0.496 e. The molecular formula is C34H32F3N3O3. The summed E-state index contributed by atoms with van der Waals surface area (Å²) in [6.07, 6.45) is -0.423. The Kier molecular flexibility index (Phi) is 7.50. The van der Waals surface area contributed by atoms with Gasteiger partial charge in [-0.15, -0.1) is 0 Å². The lowest BCUT2D eigenvalue weighted by atomic mass is 9.93. The van der Waals surface area contributed by atoms with Gasteiger partial charge in [0.05, 0.1) is 25.4 Å². The Hall–Kier alpha value is -4.53. The highest BCUT2D eigenvalue weighted by Crippen LogP contribution is 2.41. The summed E-state index contributed by atoms with van der Waals surface area (Å²) in [6, 6.07) is 15.4. The van der Waals surface area contributed by atoms with Gasteiger partial charge in [-0.3, -0.25) is 4.90 Å². The summed E-state index contributed by atoms with van der Waals surface area (Å²) in [5.74, 6) is -0.807. The molecule has 0 saturated carbocycles. The van der Waals surface area contributed by atoms with Crippen molar-refractivity contribution in [1.82, 2.24) is 9.88 Å². The predicted molar refractivity (Wildman–Crippen MR) is 159 cm³/mol. The molecule has 2 aliphatic heterocycles. The molecule has 0 aliphatic carbocycles. The molecule has 3 aromatic carbocycles. The highest BCUT2D eigenvalue weighted by atomic mass is 19.1. The molecule has 2 aliphatic rings. The van der Waals surface area contributed by atoms with Gasteiger partial charge in [-0.05, 0) is 68.7 Å². The number of hydrogen-bond acceptors (Lipinski definition) is 5. The minimum atomic E-state index is -0.865. The van der Waals surface area contributed by atoms with Crippen LogP contribution >= 0.6 is 0 Å². The van der Waals surface area contributed by atoms with Crippen LogP contribution in [0.4, 0.5) is 23.8 Å². The van der Waals surface area contributed by atoms with E-state index in [0.717, 1.165) is 48.1 Å². The third kappa shape index (κ3) is 5.40. The second-order valence-corrected chi connectivity index (χ2v) is 11.2. The quantitative estimate of drug-likeness (QED) is 0.221. The Bertz CT molecular complexity index is 1700. The molecule has 4 aromatic rings. The molecule has 1 aromatic heterocycles. The zero-order chi connectivity index (χ0) is 30.4. The van der Waals surface area contributed by atoms with Crippen LogP contribution in [0.25, 0.3) is 22.3 Å². The SMILES string of the molecule is COc1cc(F)c(-c2ccc(C)cc2C)cc1-c1ccc(N2CCC2)nc1CN1C(=O)OC(c2cc(F)cc(F)c2)C1C. The summed E-state index contributed by atoms with van der Waals surface area (Å²) < 4.78 is 54.7. The van der Waals surface area contributed by atoms with E-state index in [0.29, 0.717) is 28.1 Å². The Morgan fingerprint density at radius 1 is 0.907 bits per heavy atom. The molecule has 2 atom stereocenters. The number of benzene rings is 3. The molecule has 3 heterocycles. The van der Waals surface area contributed by atoms with Gasteiger partial charge in [0, 0.05) is 47.5 Å². The lowest BCUT2D eigenvalue weighted by molar-refractivity contribution is 0.130. The molecule has 6 rings (SSSR count). The van der Waals surface area contributed by atoms with E-state index in [4.69, 9.17) is 14.5 Å². The third-order valence-corrected chi connectivity index (χ3v) is 8.32.